The summed E-state index contributed by atoms with van der Waals surface area (Å²) in [5.41, 5.74) is 4.85. The molecule has 1 unspecified atom stereocenters. The van der Waals surface area contributed by atoms with Gasteiger partial charge in [0.2, 0.25) is 0 Å². The van der Waals surface area contributed by atoms with Gasteiger partial charge in [0.15, 0.2) is 5.65 Å². The second-order valence-corrected chi connectivity index (χ2v) is 6.25. The summed E-state index contributed by atoms with van der Waals surface area (Å²) in [6.07, 6.45) is 5.85. The Labute approximate surface area is 139 Å². The van der Waals surface area contributed by atoms with Gasteiger partial charge in [-0.2, -0.15) is 0 Å². The third-order valence-corrected chi connectivity index (χ3v) is 4.39. The molecule has 7 nitrogen and oxygen atoms in total. The molecule has 0 aromatic carbocycles. The fraction of sp³-hybridized carbons (Fsp3) is 0.353. The van der Waals surface area contributed by atoms with Crippen LogP contribution in [0, 0.1) is 13.8 Å². The fourth-order valence-corrected chi connectivity index (χ4v) is 3.09. The van der Waals surface area contributed by atoms with Gasteiger partial charge >= 0.3 is 0 Å². The summed E-state index contributed by atoms with van der Waals surface area (Å²) >= 11 is 0. The van der Waals surface area contributed by atoms with Crippen molar-refractivity contribution in [2.45, 2.75) is 26.2 Å². The summed E-state index contributed by atoms with van der Waals surface area (Å²) in [6.45, 7) is 5.16. The lowest BCUT2D eigenvalue weighted by Gasteiger charge is -2.15. The number of H-pyrrole nitrogens is 1. The average molecular weight is 322 g/mol. The number of carbonyl (C=O) groups excluding carboxylic acids is 1. The highest BCUT2D eigenvalue weighted by Gasteiger charge is 2.29. The molecule has 1 saturated heterocycles. The van der Waals surface area contributed by atoms with Gasteiger partial charge in [-0.3, -0.25) is 14.8 Å². The van der Waals surface area contributed by atoms with Crippen molar-refractivity contribution < 1.29 is 4.79 Å². The molecule has 1 atom stereocenters. The third kappa shape index (κ3) is 2.62. The first-order valence-electron chi connectivity index (χ1n) is 8.00. The van der Waals surface area contributed by atoms with E-state index in [9.17, 15) is 4.79 Å². The number of carbonyl (C=O) groups is 1. The highest BCUT2D eigenvalue weighted by atomic mass is 16.2. The molecule has 0 aliphatic carbocycles. The molecule has 0 spiro atoms. The van der Waals surface area contributed by atoms with Crippen molar-refractivity contribution >= 4 is 17.1 Å². The van der Waals surface area contributed by atoms with E-state index in [1.807, 2.05) is 24.8 Å². The van der Waals surface area contributed by atoms with Gasteiger partial charge in [-0.15, -0.1) is 0 Å². The lowest BCUT2D eigenvalue weighted by atomic mass is 10.1. The predicted octanol–water partition coefficient (Wildman–Crippen LogP) is 1.99. The molecule has 1 fully saturated rings. The van der Waals surface area contributed by atoms with E-state index < -0.39 is 0 Å². The first-order chi connectivity index (χ1) is 11.6. The maximum Gasteiger partial charge on any atom is 0.274 e. The molecule has 1 aliphatic rings. The fourth-order valence-electron chi connectivity index (χ4n) is 3.09. The Balaban J connectivity index is 1.52. The minimum atomic E-state index is -0.0618. The second kappa shape index (κ2) is 5.67. The van der Waals surface area contributed by atoms with E-state index in [-0.39, 0.29) is 11.8 Å². The van der Waals surface area contributed by atoms with E-state index in [1.54, 1.807) is 18.6 Å². The highest BCUT2D eigenvalue weighted by molar-refractivity contribution is 5.92. The van der Waals surface area contributed by atoms with Gasteiger partial charge in [-0.05, 0) is 26.3 Å². The summed E-state index contributed by atoms with van der Waals surface area (Å²) in [5, 5.41) is 0. The summed E-state index contributed by atoms with van der Waals surface area (Å²) in [6, 6.07) is 2.03. The molecular formula is C17H18N6O. The van der Waals surface area contributed by atoms with Crippen LogP contribution in [-0.2, 0) is 0 Å². The van der Waals surface area contributed by atoms with Crippen LogP contribution in [0.4, 0.5) is 0 Å². The number of aromatic nitrogens is 5. The summed E-state index contributed by atoms with van der Waals surface area (Å²) in [7, 11) is 0. The van der Waals surface area contributed by atoms with Crippen molar-refractivity contribution in [3.8, 4) is 0 Å². The number of nitrogens with one attached hydrogen (secondary N) is 1. The average Bonchev–Trinajstić information content (AvgIpc) is 3.21. The maximum absolute atomic E-state index is 12.5. The normalized spacial score (nSPS) is 17.6. The number of fused-ring (bicyclic) bond motifs is 1. The Morgan fingerprint density at radius 2 is 2.00 bits per heavy atom. The lowest BCUT2D eigenvalue weighted by Crippen LogP contribution is -2.29. The molecule has 1 N–H and O–H groups in total. The number of rotatable bonds is 2. The molecule has 4 heterocycles. The largest absolute Gasteiger partial charge is 0.342 e. The van der Waals surface area contributed by atoms with Gasteiger partial charge in [0, 0.05) is 37.1 Å². The van der Waals surface area contributed by atoms with Crippen molar-refractivity contribution in [3.05, 3.63) is 47.4 Å². The third-order valence-electron chi connectivity index (χ3n) is 4.39. The summed E-state index contributed by atoms with van der Waals surface area (Å²) in [4.78, 5) is 34.9. The Morgan fingerprint density at radius 1 is 1.17 bits per heavy atom. The molecular weight excluding hydrogens is 304 g/mol. The van der Waals surface area contributed by atoms with Crippen LogP contribution in [-0.4, -0.2) is 48.8 Å². The van der Waals surface area contributed by atoms with Crippen LogP contribution in [0.1, 0.15) is 39.9 Å². The molecule has 3 aromatic rings. The first-order valence-corrected chi connectivity index (χ1v) is 8.00. The SMILES string of the molecule is Cc1cnc(C(=O)N2CCC(c3cc4ncc(C)nc4[nH]3)C2)cn1. The zero-order valence-electron chi connectivity index (χ0n) is 13.7. The predicted molar refractivity (Wildman–Crippen MR) is 88.7 cm³/mol. The number of aryl methyl sites for hydroxylation is 2. The summed E-state index contributed by atoms with van der Waals surface area (Å²) < 4.78 is 0. The van der Waals surface area contributed by atoms with Crippen LogP contribution in [0.5, 0.6) is 0 Å². The quantitative estimate of drug-likeness (QED) is 0.779. The molecule has 7 heteroatoms. The van der Waals surface area contributed by atoms with Gasteiger partial charge in [-0.1, -0.05) is 0 Å². The van der Waals surface area contributed by atoms with Crippen LogP contribution < -0.4 is 0 Å². The van der Waals surface area contributed by atoms with E-state index in [1.165, 1.54) is 0 Å². The molecule has 24 heavy (non-hydrogen) atoms. The molecule has 0 radical (unpaired) electrons. The summed E-state index contributed by atoms with van der Waals surface area (Å²) in [5.74, 6) is 0.205. The number of hydrogen-bond donors (Lipinski definition) is 1. The minimum absolute atomic E-state index is 0.0618. The second-order valence-electron chi connectivity index (χ2n) is 6.25. The molecule has 4 rings (SSSR count). The van der Waals surface area contributed by atoms with E-state index in [4.69, 9.17) is 0 Å². The first kappa shape index (κ1) is 14.7. The zero-order valence-corrected chi connectivity index (χ0v) is 13.7. The molecule has 0 saturated carbocycles. The number of nitrogens with zero attached hydrogens (tertiary/aromatic N) is 5. The van der Waals surface area contributed by atoms with Crippen molar-refractivity contribution in [2.75, 3.05) is 13.1 Å². The standard InChI is InChI=1S/C17H18N6O/c1-10-6-20-15(8-18-10)17(24)23-4-3-12(9-23)13-5-14-16(22-13)21-11(2)7-19-14/h5-8,12H,3-4,9H2,1-2H3,(H,21,22). The Kier molecular flexibility index (Phi) is 3.48. The van der Waals surface area contributed by atoms with Gasteiger partial charge in [-0.25, -0.2) is 9.97 Å². The minimum Gasteiger partial charge on any atom is -0.342 e. The molecule has 1 aliphatic heterocycles. The van der Waals surface area contributed by atoms with Crippen LogP contribution in [0.3, 0.4) is 0 Å². The molecule has 122 valence electrons. The number of likely N-dealkylation sites (tertiary alicyclic amines) is 1. The molecule has 0 bridgehead atoms. The van der Waals surface area contributed by atoms with Gasteiger partial charge in [0.25, 0.3) is 5.91 Å². The van der Waals surface area contributed by atoms with Crippen molar-refractivity contribution in [2.24, 2.45) is 0 Å². The van der Waals surface area contributed by atoms with Crippen LogP contribution in [0.15, 0.2) is 24.7 Å². The van der Waals surface area contributed by atoms with Crippen LogP contribution >= 0.6 is 0 Å². The number of aromatic amines is 1. The topological polar surface area (TPSA) is 87.7 Å². The van der Waals surface area contributed by atoms with E-state index in [2.05, 4.69) is 24.9 Å². The zero-order chi connectivity index (χ0) is 16.7. The lowest BCUT2D eigenvalue weighted by molar-refractivity contribution is 0.0784. The Hall–Kier alpha value is -2.83. The molecule has 1 amide bonds. The monoisotopic (exact) mass is 322 g/mol. The van der Waals surface area contributed by atoms with Crippen molar-refractivity contribution in [1.29, 1.82) is 0 Å². The van der Waals surface area contributed by atoms with Crippen molar-refractivity contribution in [3.63, 3.8) is 0 Å². The van der Waals surface area contributed by atoms with E-state index in [0.29, 0.717) is 18.8 Å². The van der Waals surface area contributed by atoms with E-state index in [0.717, 1.165) is 34.7 Å². The van der Waals surface area contributed by atoms with Crippen LogP contribution in [0.25, 0.3) is 11.2 Å². The van der Waals surface area contributed by atoms with Crippen molar-refractivity contribution in [1.82, 2.24) is 29.8 Å². The van der Waals surface area contributed by atoms with Gasteiger partial charge < -0.3 is 9.88 Å². The molecule has 3 aromatic heterocycles. The number of hydrogen-bond acceptors (Lipinski definition) is 5. The Morgan fingerprint density at radius 3 is 2.79 bits per heavy atom. The smallest absolute Gasteiger partial charge is 0.274 e. The highest BCUT2D eigenvalue weighted by Crippen LogP contribution is 2.28. The van der Waals surface area contributed by atoms with Crippen LogP contribution in [0.2, 0.25) is 0 Å². The van der Waals surface area contributed by atoms with Gasteiger partial charge in [0.05, 0.1) is 17.6 Å². The van der Waals surface area contributed by atoms with E-state index >= 15 is 0 Å². The number of amides is 1. The Bertz CT molecular complexity index is 901. The van der Waals surface area contributed by atoms with Gasteiger partial charge in [0.1, 0.15) is 11.2 Å². The maximum atomic E-state index is 12.5.